The molecule has 0 radical (unpaired) electrons. The molecule has 23 heavy (non-hydrogen) atoms. The molecule has 1 saturated carbocycles. The number of nitrogens with zero attached hydrogens (tertiary/aromatic N) is 2. The van der Waals surface area contributed by atoms with Crippen molar-refractivity contribution < 1.29 is 8.83 Å². The van der Waals surface area contributed by atoms with Gasteiger partial charge in [-0.2, -0.15) is 0 Å². The number of hydrogen-bond acceptors (Lipinski definition) is 6. The third-order valence-corrected chi connectivity index (χ3v) is 5.08. The maximum atomic E-state index is 11.8. The lowest BCUT2D eigenvalue weighted by Gasteiger charge is -2.06. The second-order valence-electron chi connectivity index (χ2n) is 5.66. The fourth-order valence-electron chi connectivity index (χ4n) is 2.38. The van der Waals surface area contributed by atoms with Crippen LogP contribution in [0.4, 0.5) is 0 Å². The SMILES string of the molecule is Cc1cc2oc(=O)cc(CSc3nnc(C4CC4)o3)c2cc1Cl. The van der Waals surface area contributed by atoms with Gasteiger partial charge in [0.2, 0.25) is 5.89 Å². The highest BCUT2D eigenvalue weighted by atomic mass is 35.5. The molecule has 7 heteroatoms. The number of aromatic nitrogens is 2. The first-order valence-electron chi connectivity index (χ1n) is 7.29. The molecule has 0 bridgehead atoms. The first-order valence-corrected chi connectivity index (χ1v) is 8.65. The number of aryl methyl sites for hydroxylation is 1. The van der Waals surface area contributed by atoms with Crippen molar-refractivity contribution in [1.82, 2.24) is 10.2 Å². The lowest BCUT2D eigenvalue weighted by atomic mass is 10.1. The number of hydrogen-bond donors (Lipinski definition) is 0. The van der Waals surface area contributed by atoms with Gasteiger partial charge in [-0.15, -0.1) is 10.2 Å². The minimum Gasteiger partial charge on any atom is -0.423 e. The molecule has 0 atom stereocenters. The summed E-state index contributed by atoms with van der Waals surface area (Å²) < 4.78 is 10.9. The Morgan fingerprint density at radius 2 is 2.09 bits per heavy atom. The van der Waals surface area contributed by atoms with Crippen molar-refractivity contribution in [2.75, 3.05) is 0 Å². The molecule has 1 aliphatic carbocycles. The van der Waals surface area contributed by atoms with Gasteiger partial charge >= 0.3 is 5.63 Å². The summed E-state index contributed by atoms with van der Waals surface area (Å²) >= 11 is 7.60. The van der Waals surface area contributed by atoms with Crippen LogP contribution in [0.2, 0.25) is 5.02 Å². The van der Waals surface area contributed by atoms with Crippen molar-refractivity contribution in [3.63, 3.8) is 0 Å². The number of fused-ring (bicyclic) bond motifs is 1. The number of benzene rings is 1. The van der Waals surface area contributed by atoms with E-state index >= 15 is 0 Å². The average Bonchev–Trinajstić information content (AvgIpc) is 3.26. The van der Waals surface area contributed by atoms with E-state index in [0.717, 1.165) is 29.4 Å². The summed E-state index contributed by atoms with van der Waals surface area (Å²) in [6.07, 6.45) is 2.24. The quantitative estimate of drug-likeness (QED) is 0.517. The van der Waals surface area contributed by atoms with Crippen LogP contribution in [-0.4, -0.2) is 10.2 Å². The van der Waals surface area contributed by atoms with Crippen LogP contribution in [0.15, 0.2) is 37.1 Å². The highest BCUT2D eigenvalue weighted by molar-refractivity contribution is 7.98. The normalized spacial score (nSPS) is 14.5. The minimum atomic E-state index is -0.376. The molecule has 1 aromatic carbocycles. The maximum Gasteiger partial charge on any atom is 0.336 e. The van der Waals surface area contributed by atoms with Gasteiger partial charge in [0.05, 0.1) is 0 Å². The molecule has 4 rings (SSSR count). The lowest BCUT2D eigenvalue weighted by Crippen LogP contribution is -2.00. The van der Waals surface area contributed by atoms with Gasteiger partial charge in [0.1, 0.15) is 5.58 Å². The molecule has 0 saturated heterocycles. The van der Waals surface area contributed by atoms with Crippen LogP contribution >= 0.6 is 23.4 Å². The molecule has 2 heterocycles. The maximum absolute atomic E-state index is 11.8. The van der Waals surface area contributed by atoms with Crippen molar-refractivity contribution in [3.8, 4) is 0 Å². The van der Waals surface area contributed by atoms with E-state index in [1.54, 1.807) is 6.07 Å². The Balaban J connectivity index is 1.64. The molecule has 2 aromatic heterocycles. The Bertz CT molecular complexity index is 946. The topological polar surface area (TPSA) is 69.1 Å². The second-order valence-corrected chi connectivity index (χ2v) is 6.99. The van der Waals surface area contributed by atoms with Crippen molar-refractivity contribution in [3.05, 3.63) is 50.7 Å². The zero-order valence-electron chi connectivity index (χ0n) is 12.3. The van der Waals surface area contributed by atoms with E-state index < -0.39 is 0 Å². The van der Waals surface area contributed by atoms with E-state index in [1.807, 2.05) is 13.0 Å². The van der Waals surface area contributed by atoms with E-state index in [1.165, 1.54) is 17.8 Å². The van der Waals surface area contributed by atoms with Crippen molar-refractivity contribution in [2.45, 2.75) is 36.7 Å². The Morgan fingerprint density at radius 1 is 1.26 bits per heavy atom. The lowest BCUT2D eigenvalue weighted by molar-refractivity contribution is 0.414. The first kappa shape index (κ1) is 14.8. The summed E-state index contributed by atoms with van der Waals surface area (Å²) in [5.74, 6) is 1.68. The van der Waals surface area contributed by atoms with Gasteiger partial charge in [0, 0.05) is 28.1 Å². The minimum absolute atomic E-state index is 0.376. The number of halogens is 1. The van der Waals surface area contributed by atoms with E-state index in [0.29, 0.717) is 33.4 Å². The van der Waals surface area contributed by atoms with Crippen LogP contribution in [0.1, 0.15) is 35.8 Å². The van der Waals surface area contributed by atoms with Crippen molar-refractivity contribution in [2.24, 2.45) is 0 Å². The van der Waals surface area contributed by atoms with Gasteiger partial charge < -0.3 is 8.83 Å². The monoisotopic (exact) mass is 348 g/mol. The van der Waals surface area contributed by atoms with E-state index in [2.05, 4.69) is 10.2 Å². The fourth-order valence-corrected chi connectivity index (χ4v) is 3.31. The fraction of sp³-hybridized carbons (Fsp3) is 0.312. The standard InChI is InChI=1S/C16H13ClN2O3S/c1-8-4-13-11(6-12(8)17)10(5-14(20)21-13)7-23-16-19-18-15(22-16)9-2-3-9/h4-6,9H,2-3,7H2,1H3. The smallest absolute Gasteiger partial charge is 0.336 e. The molecule has 1 fully saturated rings. The summed E-state index contributed by atoms with van der Waals surface area (Å²) in [4.78, 5) is 11.8. The number of rotatable bonds is 4. The van der Waals surface area contributed by atoms with Gasteiger partial charge in [-0.05, 0) is 43.0 Å². The van der Waals surface area contributed by atoms with E-state index in [-0.39, 0.29) is 5.63 Å². The molecule has 0 spiro atoms. The summed E-state index contributed by atoms with van der Waals surface area (Å²) in [7, 11) is 0. The van der Waals surface area contributed by atoms with Gasteiger partial charge in [0.25, 0.3) is 5.22 Å². The predicted octanol–water partition coefficient (Wildman–Crippen LogP) is 4.31. The van der Waals surface area contributed by atoms with Crippen LogP contribution in [0.5, 0.6) is 0 Å². The molecular weight excluding hydrogens is 336 g/mol. The number of thioether (sulfide) groups is 1. The first-order chi connectivity index (χ1) is 11.1. The van der Waals surface area contributed by atoms with Crippen LogP contribution in [0.25, 0.3) is 11.0 Å². The molecule has 118 valence electrons. The van der Waals surface area contributed by atoms with Crippen LogP contribution in [0.3, 0.4) is 0 Å². The van der Waals surface area contributed by atoms with Gasteiger partial charge in [0.15, 0.2) is 0 Å². The second kappa shape index (κ2) is 5.69. The van der Waals surface area contributed by atoms with Crippen LogP contribution in [0, 0.1) is 6.92 Å². The highest BCUT2D eigenvalue weighted by Crippen LogP contribution is 2.40. The average molecular weight is 349 g/mol. The molecule has 0 aliphatic heterocycles. The van der Waals surface area contributed by atoms with Crippen LogP contribution in [-0.2, 0) is 5.75 Å². The third-order valence-electron chi connectivity index (χ3n) is 3.81. The molecular formula is C16H13ClN2O3S. The Kier molecular flexibility index (Phi) is 3.66. The summed E-state index contributed by atoms with van der Waals surface area (Å²) in [6, 6.07) is 5.10. The van der Waals surface area contributed by atoms with Crippen molar-refractivity contribution >= 4 is 34.3 Å². The Hall–Kier alpha value is -1.79. The Labute approximate surface area is 141 Å². The zero-order valence-corrected chi connectivity index (χ0v) is 13.9. The van der Waals surface area contributed by atoms with E-state index in [4.69, 9.17) is 20.4 Å². The van der Waals surface area contributed by atoms with E-state index in [9.17, 15) is 4.79 Å². The molecule has 3 aromatic rings. The summed E-state index contributed by atoms with van der Waals surface area (Å²) in [5, 5.41) is 10.1. The predicted molar refractivity (Wildman–Crippen MR) is 88.1 cm³/mol. The van der Waals surface area contributed by atoms with Gasteiger partial charge in [-0.3, -0.25) is 0 Å². The van der Waals surface area contributed by atoms with Crippen LogP contribution < -0.4 is 5.63 Å². The summed E-state index contributed by atoms with van der Waals surface area (Å²) in [6.45, 7) is 1.88. The molecule has 0 N–H and O–H groups in total. The highest BCUT2D eigenvalue weighted by Gasteiger charge is 2.29. The largest absolute Gasteiger partial charge is 0.423 e. The van der Waals surface area contributed by atoms with Gasteiger partial charge in [-0.1, -0.05) is 23.4 Å². The molecule has 0 unspecified atom stereocenters. The van der Waals surface area contributed by atoms with Gasteiger partial charge in [-0.25, -0.2) is 4.79 Å². The van der Waals surface area contributed by atoms with Crippen molar-refractivity contribution in [1.29, 1.82) is 0 Å². The molecule has 1 aliphatic rings. The third kappa shape index (κ3) is 3.01. The Morgan fingerprint density at radius 3 is 2.87 bits per heavy atom. The molecule has 5 nitrogen and oxygen atoms in total. The zero-order chi connectivity index (χ0) is 16.0. The molecule has 0 amide bonds. The summed E-state index contributed by atoms with van der Waals surface area (Å²) in [5.41, 5.74) is 1.88.